The highest BCUT2D eigenvalue weighted by Gasteiger charge is 2.34. The molecule has 0 bridgehead atoms. The number of benzene rings is 1. The van der Waals surface area contributed by atoms with Crippen molar-refractivity contribution in [2.75, 3.05) is 26.8 Å². The molecule has 3 heteroatoms. The van der Waals surface area contributed by atoms with Gasteiger partial charge in [0.05, 0.1) is 6.61 Å². The van der Waals surface area contributed by atoms with Gasteiger partial charge >= 0.3 is 0 Å². The van der Waals surface area contributed by atoms with E-state index >= 15 is 0 Å². The first-order chi connectivity index (χ1) is 9.83. The van der Waals surface area contributed by atoms with Crippen molar-refractivity contribution < 1.29 is 4.74 Å². The number of rotatable bonds is 8. The highest BCUT2D eigenvalue weighted by molar-refractivity contribution is 5.30. The van der Waals surface area contributed by atoms with Crippen LogP contribution in [0.15, 0.2) is 24.3 Å². The highest BCUT2D eigenvalue weighted by Crippen LogP contribution is 2.40. The van der Waals surface area contributed by atoms with E-state index in [1.54, 1.807) is 7.11 Å². The van der Waals surface area contributed by atoms with Gasteiger partial charge < -0.3 is 10.5 Å². The van der Waals surface area contributed by atoms with Crippen LogP contribution >= 0.6 is 0 Å². The van der Waals surface area contributed by atoms with E-state index in [-0.39, 0.29) is 0 Å². The molecule has 0 spiro atoms. The normalized spacial score (nSPS) is 20.4. The van der Waals surface area contributed by atoms with Gasteiger partial charge in [0.2, 0.25) is 0 Å². The summed E-state index contributed by atoms with van der Waals surface area (Å²) in [5.41, 5.74) is 8.93. The van der Waals surface area contributed by atoms with Crippen molar-refractivity contribution in [2.24, 2.45) is 5.73 Å². The molecule has 1 atom stereocenters. The number of nitrogens with zero attached hydrogens (tertiary/aromatic N) is 1. The molecular weight excluding hydrogens is 248 g/mol. The summed E-state index contributed by atoms with van der Waals surface area (Å²) in [6.07, 6.45) is 5.34. The minimum atomic E-state index is 0.339. The lowest BCUT2D eigenvalue weighted by molar-refractivity contribution is 0.115. The summed E-state index contributed by atoms with van der Waals surface area (Å²) in [6.45, 7) is 2.45. The van der Waals surface area contributed by atoms with Crippen LogP contribution in [0.25, 0.3) is 0 Å². The lowest BCUT2D eigenvalue weighted by Gasteiger charge is -2.31. The third-order valence-electron chi connectivity index (χ3n) is 4.56. The number of methoxy groups -OCH3 is 1. The first-order valence-corrected chi connectivity index (χ1v) is 7.88. The Morgan fingerprint density at radius 3 is 2.40 bits per heavy atom. The van der Waals surface area contributed by atoms with Crippen molar-refractivity contribution in [3.8, 4) is 0 Å². The van der Waals surface area contributed by atoms with E-state index in [0.717, 1.165) is 19.1 Å². The average Bonchev–Trinajstić information content (AvgIpc) is 3.36. The third-order valence-corrected chi connectivity index (χ3v) is 4.56. The van der Waals surface area contributed by atoms with E-state index in [1.807, 2.05) is 0 Å². The predicted octanol–water partition coefficient (Wildman–Crippen LogP) is 2.67. The largest absolute Gasteiger partial charge is 0.383 e. The second-order valence-electron chi connectivity index (χ2n) is 6.15. The van der Waals surface area contributed by atoms with Crippen molar-refractivity contribution in [1.29, 1.82) is 0 Å². The molecule has 3 rings (SSSR count). The maximum absolute atomic E-state index is 6.07. The molecule has 0 aromatic heterocycles. The fraction of sp³-hybridized carbons (Fsp3) is 0.647. The molecule has 2 fully saturated rings. The molecule has 2 N–H and O–H groups in total. The molecule has 2 saturated carbocycles. The van der Waals surface area contributed by atoms with E-state index in [1.165, 1.54) is 36.8 Å². The molecule has 0 heterocycles. The Hall–Kier alpha value is -0.900. The zero-order valence-corrected chi connectivity index (χ0v) is 12.4. The average molecular weight is 274 g/mol. The fourth-order valence-corrected chi connectivity index (χ4v) is 3.07. The van der Waals surface area contributed by atoms with Gasteiger partial charge in [-0.2, -0.15) is 0 Å². The van der Waals surface area contributed by atoms with Crippen molar-refractivity contribution in [3.63, 3.8) is 0 Å². The Bertz CT molecular complexity index is 423. The number of ether oxygens (including phenoxy) is 1. The summed E-state index contributed by atoms with van der Waals surface area (Å²) in [5.74, 6) is 0.827. The van der Waals surface area contributed by atoms with Gasteiger partial charge in [-0.05, 0) is 42.7 Å². The van der Waals surface area contributed by atoms with Crippen LogP contribution in [0.3, 0.4) is 0 Å². The van der Waals surface area contributed by atoms with Crippen LogP contribution < -0.4 is 5.73 Å². The van der Waals surface area contributed by atoms with E-state index < -0.39 is 0 Å². The summed E-state index contributed by atoms with van der Waals surface area (Å²) in [4.78, 5) is 2.54. The van der Waals surface area contributed by atoms with Crippen LogP contribution in [0.4, 0.5) is 0 Å². The predicted molar refractivity (Wildman–Crippen MR) is 81.8 cm³/mol. The SMILES string of the molecule is COCCN(C1CC1)C(CN)c1ccc(C2CC2)cc1. The first-order valence-electron chi connectivity index (χ1n) is 7.88. The number of hydrogen-bond donors (Lipinski definition) is 1. The van der Waals surface area contributed by atoms with Crippen LogP contribution in [0.1, 0.15) is 48.8 Å². The quantitative estimate of drug-likeness (QED) is 0.792. The summed E-state index contributed by atoms with van der Waals surface area (Å²) in [5, 5.41) is 0. The number of nitrogens with two attached hydrogens (primary N) is 1. The van der Waals surface area contributed by atoms with Crippen molar-refractivity contribution in [3.05, 3.63) is 35.4 Å². The van der Waals surface area contributed by atoms with Crippen LogP contribution in [-0.2, 0) is 4.74 Å². The lowest BCUT2D eigenvalue weighted by Crippen LogP contribution is -2.37. The third kappa shape index (κ3) is 3.22. The Labute approximate surface area is 122 Å². The molecule has 3 nitrogen and oxygen atoms in total. The van der Waals surface area contributed by atoms with E-state index in [9.17, 15) is 0 Å². The highest BCUT2D eigenvalue weighted by atomic mass is 16.5. The molecule has 2 aliphatic carbocycles. The molecule has 1 aromatic carbocycles. The van der Waals surface area contributed by atoms with Gasteiger partial charge in [0.25, 0.3) is 0 Å². The van der Waals surface area contributed by atoms with Gasteiger partial charge in [-0.15, -0.1) is 0 Å². The second kappa shape index (κ2) is 6.25. The molecule has 1 unspecified atom stereocenters. The molecule has 0 amide bonds. The van der Waals surface area contributed by atoms with Gasteiger partial charge in [0, 0.05) is 32.3 Å². The van der Waals surface area contributed by atoms with Gasteiger partial charge in [-0.25, -0.2) is 0 Å². The van der Waals surface area contributed by atoms with E-state index in [2.05, 4.69) is 29.2 Å². The van der Waals surface area contributed by atoms with Gasteiger partial charge in [0.15, 0.2) is 0 Å². The molecular formula is C17H26N2O. The van der Waals surface area contributed by atoms with Gasteiger partial charge in [-0.3, -0.25) is 4.90 Å². The van der Waals surface area contributed by atoms with Crippen molar-refractivity contribution in [2.45, 2.75) is 43.7 Å². The van der Waals surface area contributed by atoms with Crippen LogP contribution in [0, 0.1) is 0 Å². The summed E-state index contributed by atoms with van der Waals surface area (Å²) in [7, 11) is 1.77. The smallest absolute Gasteiger partial charge is 0.0590 e. The second-order valence-corrected chi connectivity index (χ2v) is 6.15. The monoisotopic (exact) mass is 274 g/mol. The molecule has 0 radical (unpaired) electrons. The van der Waals surface area contributed by atoms with Gasteiger partial charge in [-0.1, -0.05) is 24.3 Å². The molecule has 1 aromatic rings. The maximum atomic E-state index is 6.07. The fourth-order valence-electron chi connectivity index (χ4n) is 3.07. The minimum absolute atomic E-state index is 0.339. The molecule has 2 aliphatic rings. The molecule has 20 heavy (non-hydrogen) atoms. The molecule has 0 aliphatic heterocycles. The van der Waals surface area contributed by atoms with E-state index in [0.29, 0.717) is 18.6 Å². The zero-order valence-electron chi connectivity index (χ0n) is 12.4. The standard InChI is InChI=1S/C17H26N2O/c1-20-11-10-19(16-8-9-16)17(12-18)15-6-4-14(5-7-15)13-2-3-13/h4-7,13,16-17H,2-3,8-12,18H2,1H3. The lowest BCUT2D eigenvalue weighted by atomic mass is 10.0. The molecule has 110 valence electrons. The Morgan fingerprint density at radius 2 is 1.90 bits per heavy atom. The topological polar surface area (TPSA) is 38.5 Å². The number of hydrogen-bond acceptors (Lipinski definition) is 3. The Balaban J connectivity index is 1.72. The Morgan fingerprint density at radius 1 is 1.20 bits per heavy atom. The van der Waals surface area contributed by atoms with Crippen molar-refractivity contribution in [1.82, 2.24) is 4.90 Å². The zero-order chi connectivity index (χ0) is 13.9. The summed E-state index contributed by atoms with van der Waals surface area (Å²) < 4.78 is 5.26. The van der Waals surface area contributed by atoms with Crippen LogP contribution in [-0.4, -0.2) is 37.7 Å². The van der Waals surface area contributed by atoms with Crippen LogP contribution in [0.2, 0.25) is 0 Å². The summed E-state index contributed by atoms with van der Waals surface area (Å²) >= 11 is 0. The first kappa shape index (κ1) is 14.1. The molecule has 0 saturated heterocycles. The Kier molecular flexibility index (Phi) is 4.39. The maximum Gasteiger partial charge on any atom is 0.0590 e. The van der Waals surface area contributed by atoms with Crippen LogP contribution in [0.5, 0.6) is 0 Å². The van der Waals surface area contributed by atoms with E-state index in [4.69, 9.17) is 10.5 Å². The van der Waals surface area contributed by atoms with Crippen molar-refractivity contribution >= 4 is 0 Å². The van der Waals surface area contributed by atoms with Gasteiger partial charge in [0.1, 0.15) is 0 Å². The minimum Gasteiger partial charge on any atom is -0.383 e. The summed E-state index contributed by atoms with van der Waals surface area (Å²) in [6, 6.07) is 10.2.